The fourth-order valence-corrected chi connectivity index (χ4v) is 3.84. The van der Waals surface area contributed by atoms with Crippen LogP contribution in [0.25, 0.3) is 0 Å². The lowest BCUT2D eigenvalue weighted by molar-refractivity contribution is -0.119. The molecule has 0 bridgehead atoms. The van der Waals surface area contributed by atoms with Crippen LogP contribution in [-0.4, -0.2) is 41.1 Å². The van der Waals surface area contributed by atoms with Crippen LogP contribution in [0.5, 0.6) is 5.75 Å². The Morgan fingerprint density at radius 2 is 1.92 bits per heavy atom. The summed E-state index contributed by atoms with van der Waals surface area (Å²) < 4.78 is 6.04. The van der Waals surface area contributed by atoms with Crippen LogP contribution in [0, 0.1) is 5.92 Å². The fraction of sp³-hybridized carbons (Fsp3) is 0.556. The normalized spacial score (nSPS) is 15.4. The van der Waals surface area contributed by atoms with Gasteiger partial charge in [0.2, 0.25) is 5.91 Å². The minimum absolute atomic E-state index is 0.00985. The number of thiocarbonyl (C=S) groups is 1. The zero-order valence-corrected chi connectivity index (χ0v) is 16.2. The smallest absolute Gasteiger partial charge is 0.230 e. The van der Waals surface area contributed by atoms with E-state index >= 15 is 0 Å². The van der Waals surface area contributed by atoms with E-state index in [2.05, 4.69) is 24.1 Å². The molecule has 132 valence electrons. The second-order valence-electron chi connectivity index (χ2n) is 6.31. The minimum atomic E-state index is -0.00985. The lowest BCUT2D eigenvalue weighted by Crippen LogP contribution is -2.34. The maximum absolute atomic E-state index is 12.3. The Kier molecular flexibility index (Phi) is 7.37. The van der Waals surface area contributed by atoms with Gasteiger partial charge in [0.15, 0.2) is 0 Å². The highest BCUT2D eigenvalue weighted by atomic mass is 32.2. The highest BCUT2D eigenvalue weighted by molar-refractivity contribution is 8.23. The molecule has 1 unspecified atom stereocenters. The van der Waals surface area contributed by atoms with Crippen LogP contribution in [0.4, 0.5) is 0 Å². The van der Waals surface area contributed by atoms with Gasteiger partial charge in [-0.05, 0) is 36.5 Å². The summed E-state index contributed by atoms with van der Waals surface area (Å²) in [6.45, 7) is 6.26. The number of nitrogens with one attached hydrogen (secondary N) is 1. The van der Waals surface area contributed by atoms with Crippen molar-refractivity contribution in [1.82, 2.24) is 10.2 Å². The van der Waals surface area contributed by atoms with E-state index < -0.39 is 0 Å². The van der Waals surface area contributed by atoms with Crippen molar-refractivity contribution in [3.63, 3.8) is 0 Å². The maximum Gasteiger partial charge on any atom is 0.230 e. The summed E-state index contributed by atoms with van der Waals surface area (Å²) in [5.41, 5.74) is 1.09. The molecule has 0 spiro atoms. The van der Waals surface area contributed by atoms with Crippen molar-refractivity contribution in [2.75, 3.05) is 26.0 Å². The summed E-state index contributed by atoms with van der Waals surface area (Å²) in [6, 6.07) is 7.85. The highest BCUT2D eigenvalue weighted by Gasteiger charge is 2.20. The molecule has 1 N–H and O–H groups in total. The third-order valence-electron chi connectivity index (χ3n) is 4.15. The number of methoxy groups -OCH3 is 1. The Morgan fingerprint density at radius 3 is 2.46 bits per heavy atom. The molecule has 0 radical (unpaired) electrons. The Bertz CT molecular complexity index is 555. The van der Waals surface area contributed by atoms with E-state index in [9.17, 15) is 4.79 Å². The first-order valence-electron chi connectivity index (χ1n) is 8.36. The molecular weight excluding hydrogens is 340 g/mol. The third-order valence-corrected chi connectivity index (χ3v) is 5.67. The van der Waals surface area contributed by atoms with Crippen LogP contribution in [0.1, 0.15) is 38.3 Å². The van der Waals surface area contributed by atoms with Crippen LogP contribution in [0.3, 0.4) is 0 Å². The van der Waals surface area contributed by atoms with Crippen LogP contribution >= 0.6 is 24.0 Å². The van der Waals surface area contributed by atoms with Gasteiger partial charge in [-0.25, -0.2) is 0 Å². The Labute approximate surface area is 154 Å². The van der Waals surface area contributed by atoms with Crippen molar-refractivity contribution in [2.24, 2.45) is 5.92 Å². The van der Waals surface area contributed by atoms with E-state index in [0.717, 1.165) is 28.7 Å². The molecule has 24 heavy (non-hydrogen) atoms. The fourth-order valence-electron chi connectivity index (χ4n) is 2.78. The second-order valence-corrected chi connectivity index (χ2v) is 7.92. The van der Waals surface area contributed by atoms with Gasteiger partial charge in [0.05, 0.1) is 18.9 Å². The van der Waals surface area contributed by atoms with Gasteiger partial charge < -0.3 is 15.0 Å². The van der Waals surface area contributed by atoms with Gasteiger partial charge in [-0.3, -0.25) is 4.79 Å². The van der Waals surface area contributed by atoms with Crippen LogP contribution in [0.15, 0.2) is 24.3 Å². The molecular formula is C18H26N2O2S2. The van der Waals surface area contributed by atoms with Gasteiger partial charge in [0, 0.05) is 13.1 Å². The molecule has 1 atom stereocenters. The summed E-state index contributed by atoms with van der Waals surface area (Å²) in [6.07, 6.45) is 2.39. The van der Waals surface area contributed by atoms with Crippen molar-refractivity contribution in [1.29, 1.82) is 0 Å². The van der Waals surface area contributed by atoms with E-state index in [-0.39, 0.29) is 11.9 Å². The van der Waals surface area contributed by atoms with Crippen LogP contribution < -0.4 is 10.1 Å². The summed E-state index contributed by atoms with van der Waals surface area (Å²) in [5, 5.41) is 3.14. The molecule has 0 saturated carbocycles. The number of amides is 1. The number of hydrogen-bond acceptors (Lipinski definition) is 4. The maximum atomic E-state index is 12.3. The Morgan fingerprint density at radius 1 is 1.29 bits per heavy atom. The first-order valence-corrected chi connectivity index (χ1v) is 9.75. The number of ether oxygens (including phenoxy) is 1. The third kappa shape index (κ3) is 5.38. The predicted molar refractivity (Wildman–Crippen MR) is 105 cm³/mol. The molecule has 2 rings (SSSR count). The largest absolute Gasteiger partial charge is 0.497 e. The summed E-state index contributed by atoms with van der Waals surface area (Å²) in [4.78, 5) is 14.5. The lowest BCUT2D eigenvalue weighted by atomic mass is 9.96. The molecule has 1 aliphatic heterocycles. The van der Waals surface area contributed by atoms with Gasteiger partial charge in [-0.15, -0.1) is 0 Å². The number of thioether (sulfide) groups is 1. The van der Waals surface area contributed by atoms with Crippen molar-refractivity contribution in [2.45, 2.75) is 32.7 Å². The molecule has 0 aromatic heterocycles. The van der Waals surface area contributed by atoms with E-state index in [1.54, 1.807) is 7.11 Å². The number of benzene rings is 1. The van der Waals surface area contributed by atoms with Crippen molar-refractivity contribution >= 4 is 34.2 Å². The number of likely N-dealkylation sites (tertiary alicyclic amines) is 1. The van der Waals surface area contributed by atoms with E-state index in [1.807, 2.05) is 24.3 Å². The van der Waals surface area contributed by atoms with E-state index in [0.29, 0.717) is 11.7 Å². The molecule has 6 heteroatoms. The number of rotatable bonds is 6. The SMILES string of the molecule is COc1ccc(C(NC(=O)CSC(=S)N2CCCC2)C(C)C)cc1. The van der Waals surface area contributed by atoms with Gasteiger partial charge in [0.1, 0.15) is 10.1 Å². The van der Waals surface area contributed by atoms with Gasteiger partial charge >= 0.3 is 0 Å². The Balaban J connectivity index is 1.89. The minimum Gasteiger partial charge on any atom is -0.497 e. The zero-order chi connectivity index (χ0) is 17.5. The molecule has 1 amide bonds. The summed E-state index contributed by atoms with van der Waals surface area (Å²) in [7, 11) is 1.65. The van der Waals surface area contributed by atoms with Gasteiger partial charge in [-0.1, -0.05) is 50.0 Å². The standard InChI is InChI=1S/C18H26N2O2S2/c1-13(2)17(14-6-8-15(22-3)9-7-14)19-16(21)12-24-18(23)20-10-4-5-11-20/h6-9,13,17H,4-5,10-12H2,1-3H3,(H,19,21). The lowest BCUT2D eigenvalue weighted by Gasteiger charge is -2.23. The number of hydrogen-bond donors (Lipinski definition) is 1. The average Bonchev–Trinajstić information content (AvgIpc) is 3.12. The van der Waals surface area contributed by atoms with Crippen molar-refractivity contribution in [3.05, 3.63) is 29.8 Å². The molecule has 1 fully saturated rings. The topological polar surface area (TPSA) is 41.6 Å². The Hall–Kier alpha value is -1.27. The highest BCUT2D eigenvalue weighted by Crippen LogP contribution is 2.24. The zero-order valence-electron chi connectivity index (χ0n) is 14.6. The first kappa shape index (κ1) is 19.1. The predicted octanol–water partition coefficient (Wildman–Crippen LogP) is 3.62. The molecule has 1 saturated heterocycles. The average molecular weight is 367 g/mol. The van der Waals surface area contributed by atoms with Crippen LogP contribution in [0.2, 0.25) is 0 Å². The molecule has 4 nitrogen and oxygen atoms in total. The first-order chi connectivity index (χ1) is 11.5. The number of nitrogens with zero attached hydrogens (tertiary/aromatic N) is 1. The van der Waals surface area contributed by atoms with E-state index in [1.165, 1.54) is 24.6 Å². The summed E-state index contributed by atoms with van der Waals surface area (Å²) >= 11 is 6.88. The molecule has 1 aliphatic rings. The van der Waals surface area contributed by atoms with Crippen molar-refractivity contribution in [3.8, 4) is 5.75 Å². The monoisotopic (exact) mass is 366 g/mol. The second kappa shape index (κ2) is 9.28. The van der Waals surface area contributed by atoms with Gasteiger partial charge in [0.25, 0.3) is 0 Å². The number of carbonyl (C=O) groups is 1. The number of carbonyl (C=O) groups excluding carboxylic acids is 1. The summed E-state index contributed by atoms with van der Waals surface area (Å²) in [5.74, 6) is 1.52. The quantitative estimate of drug-likeness (QED) is 0.779. The van der Waals surface area contributed by atoms with Crippen molar-refractivity contribution < 1.29 is 9.53 Å². The van der Waals surface area contributed by atoms with Gasteiger partial charge in [-0.2, -0.15) is 0 Å². The molecule has 1 aromatic carbocycles. The molecule has 1 aromatic rings. The van der Waals surface area contributed by atoms with E-state index in [4.69, 9.17) is 17.0 Å². The molecule has 1 heterocycles. The van der Waals surface area contributed by atoms with Crippen LogP contribution in [-0.2, 0) is 4.79 Å². The molecule has 0 aliphatic carbocycles.